The Balaban J connectivity index is 1.67. The molecule has 0 bridgehead atoms. The van der Waals surface area contributed by atoms with Crippen molar-refractivity contribution in [1.82, 2.24) is 15.0 Å². The van der Waals surface area contributed by atoms with Crippen molar-refractivity contribution >= 4 is 46.7 Å². The molecule has 2 saturated heterocycles. The van der Waals surface area contributed by atoms with Gasteiger partial charge in [0.15, 0.2) is 0 Å². The second-order valence-corrected chi connectivity index (χ2v) is 7.30. The van der Waals surface area contributed by atoms with E-state index in [-0.39, 0.29) is 0 Å². The molecule has 8 heteroatoms. The molecule has 3 heterocycles. The van der Waals surface area contributed by atoms with Gasteiger partial charge in [-0.3, -0.25) is 0 Å². The third-order valence-electron chi connectivity index (χ3n) is 4.51. The van der Waals surface area contributed by atoms with E-state index in [1.807, 2.05) is 12.1 Å². The van der Waals surface area contributed by atoms with E-state index < -0.39 is 0 Å². The van der Waals surface area contributed by atoms with Gasteiger partial charge in [-0.1, -0.05) is 23.2 Å². The van der Waals surface area contributed by atoms with Crippen LogP contribution in [-0.4, -0.2) is 41.1 Å². The number of nitrogens with zero attached hydrogens (tertiary/aromatic N) is 5. The number of hydrogen-bond donors (Lipinski definition) is 1. The lowest BCUT2D eigenvalue weighted by molar-refractivity contribution is 0.841. The molecule has 1 N–H and O–H groups in total. The number of benzene rings is 1. The summed E-state index contributed by atoms with van der Waals surface area (Å²) in [5.74, 6) is 2.01. The van der Waals surface area contributed by atoms with Crippen molar-refractivity contribution in [2.75, 3.05) is 41.3 Å². The Morgan fingerprint density at radius 2 is 1.20 bits per heavy atom. The molecule has 1 aromatic carbocycles. The molecule has 1 aromatic heterocycles. The third kappa shape index (κ3) is 3.90. The highest BCUT2D eigenvalue weighted by atomic mass is 35.5. The van der Waals surface area contributed by atoms with Crippen molar-refractivity contribution in [2.45, 2.75) is 25.7 Å². The first-order valence-electron chi connectivity index (χ1n) is 8.66. The second-order valence-electron chi connectivity index (χ2n) is 6.43. The summed E-state index contributed by atoms with van der Waals surface area (Å²) in [6.07, 6.45) is 4.71. The van der Waals surface area contributed by atoms with Crippen LogP contribution in [0.3, 0.4) is 0 Å². The minimum atomic E-state index is 0.525. The molecule has 0 atom stereocenters. The monoisotopic (exact) mass is 378 g/mol. The number of aromatic nitrogens is 3. The van der Waals surface area contributed by atoms with Crippen molar-refractivity contribution in [1.29, 1.82) is 0 Å². The van der Waals surface area contributed by atoms with Gasteiger partial charge in [0, 0.05) is 41.9 Å². The van der Waals surface area contributed by atoms with Crippen LogP contribution >= 0.6 is 23.2 Å². The summed E-state index contributed by atoms with van der Waals surface area (Å²) in [5, 5.41) is 4.37. The van der Waals surface area contributed by atoms with Gasteiger partial charge in [-0.05, 0) is 43.9 Å². The maximum Gasteiger partial charge on any atom is 0.233 e. The highest BCUT2D eigenvalue weighted by Crippen LogP contribution is 2.27. The molecule has 6 nitrogen and oxygen atoms in total. The lowest BCUT2D eigenvalue weighted by Crippen LogP contribution is -2.25. The predicted molar refractivity (Wildman–Crippen MR) is 102 cm³/mol. The van der Waals surface area contributed by atoms with Crippen molar-refractivity contribution < 1.29 is 0 Å². The van der Waals surface area contributed by atoms with Gasteiger partial charge in [-0.15, -0.1) is 0 Å². The van der Waals surface area contributed by atoms with Gasteiger partial charge in [-0.2, -0.15) is 15.0 Å². The summed E-state index contributed by atoms with van der Waals surface area (Å²) >= 11 is 12.2. The molecule has 0 saturated carbocycles. The van der Waals surface area contributed by atoms with Crippen molar-refractivity contribution in [3.8, 4) is 0 Å². The molecular weight excluding hydrogens is 359 g/mol. The van der Waals surface area contributed by atoms with E-state index in [9.17, 15) is 0 Å². The maximum absolute atomic E-state index is 6.09. The van der Waals surface area contributed by atoms with Gasteiger partial charge in [0.1, 0.15) is 0 Å². The lowest BCUT2D eigenvalue weighted by Gasteiger charge is -2.20. The smallest absolute Gasteiger partial charge is 0.233 e. The van der Waals surface area contributed by atoms with Gasteiger partial charge >= 0.3 is 0 Å². The first-order chi connectivity index (χ1) is 12.2. The van der Waals surface area contributed by atoms with E-state index in [0.29, 0.717) is 16.0 Å². The Hall–Kier alpha value is -1.79. The Morgan fingerprint density at radius 3 is 1.68 bits per heavy atom. The maximum atomic E-state index is 6.09. The first kappa shape index (κ1) is 16.7. The lowest BCUT2D eigenvalue weighted by atomic mass is 10.3. The molecular formula is C17H20Cl2N6. The van der Waals surface area contributed by atoms with Crippen LogP contribution < -0.4 is 15.1 Å². The normalized spacial score (nSPS) is 17.4. The fourth-order valence-corrected chi connectivity index (χ4v) is 3.81. The predicted octanol–water partition coefficient (Wildman–Crippen LogP) is 4.12. The van der Waals surface area contributed by atoms with Crippen LogP contribution in [0.25, 0.3) is 0 Å². The van der Waals surface area contributed by atoms with Crippen LogP contribution in [0, 0.1) is 0 Å². The average molecular weight is 379 g/mol. The van der Waals surface area contributed by atoms with Crippen molar-refractivity contribution in [2.24, 2.45) is 0 Å². The Morgan fingerprint density at radius 1 is 0.720 bits per heavy atom. The van der Waals surface area contributed by atoms with Gasteiger partial charge < -0.3 is 15.1 Å². The molecule has 0 aliphatic carbocycles. The summed E-state index contributed by atoms with van der Waals surface area (Å²) < 4.78 is 0. The Bertz CT molecular complexity index is 702. The van der Waals surface area contributed by atoms with Crippen LogP contribution in [0.4, 0.5) is 23.5 Å². The van der Waals surface area contributed by atoms with E-state index in [4.69, 9.17) is 28.2 Å². The first-order valence-corrected chi connectivity index (χ1v) is 9.42. The standard InChI is InChI=1S/C17H20Cl2N6/c18-12-9-13(19)11-14(10-12)20-15-21-16(24-5-1-2-6-24)23-17(22-15)25-7-3-4-8-25/h9-11H,1-8H2,(H,20,21,22,23). The minimum Gasteiger partial charge on any atom is -0.341 e. The summed E-state index contributed by atoms with van der Waals surface area (Å²) in [7, 11) is 0. The third-order valence-corrected chi connectivity index (χ3v) is 4.94. The zero-order valence-corrected chi connectivity index (χ0v) is 15.4. The topological polar surface area (TPSA) is 57.2 Å². The van der Waals surface area contributed by atoms with E-state index >= 15 is 0 Å². The fraction of sp³-hybridized carbons (Fsp3) is 0.471. The molecule has 2 aromatic rings. The molecule has 0 amide bonds. The van der Waals surface area contributed by atoms with Gasteiger partial charge in [0.05, 0.1) is 0 Å². The number of rotatable bonds is 4. The second kappa shape index (κ2) is 7.22. The summed E-state index contributed by atoms with van der Waals surface area (Å²) in [4.78, 5) is 18.4. The number of hydrogen-bond acceptors (Lipinski definition) is 6. The van der Waals surface area contributed by atoms with E-state index in [0.717, 1.165) is 43.8 Å². The minimum absolute atomic E-state index is 0.525. The van der Waals surface area contributed by atoms with Gasteiger partial charge in [0.25, 0.3) is 0 Å². The zero-order valence-electron chi connectivity index (χ0n) is 13.9. The summed E-state index contributed by atoms with van der Waals surface area (Å²) in [6, 6.07) is 5.32. The molecule has 2 aliphatic rings. The highest BCUT2D eigenvalue weighted by Gasteiger charge is 2.21. The molecule has 25 heavy (non-hydrogen) atoms. The SMILES string of the molecule is Clc1cc(Cl)cc(Nc2nc(N3CCCC3)nc(N3CCCC3)n2)c1. The molecule has 0 radical (unpaired) electrons. The van der Waals surface area contributed by atoms with Crippen LogP contribution in [0.5, 0.6) is 0 Å². The molecule has 0 spiro atoms. The van der Waals surface area contributed by atoms with E-state index in [1.54, 1.807) is 6.07 Å². The average Bonchev–Trinajstić information content (AvgIpc) is 3.28. The zero-order chi connectivity index (χ0) is 17.2. The van der Waals surface area contributed by atoms with Gasteiger partial charge in [0.2, 0.25) is 17.8 Å². The largest absolute Gasteiger partial charge is 0.341 e. The molecule has 132 valence electrons. The van der Waals surface area contributed by atoms with Crippen LogP contribution in [0.1, 0.15) is 25.7 Å². The van der Waals surface area contributed by atoms with Gasteiger partial charge in [-0.25, -0.2) is 0 Å². The summed E-state index contributed by atoms with van der Waals surface area (Å²) in [6.45, 7) is 3.97. The van der Waals surface area contributed by atoms with E-state index in [2.05, 4.69) is 25.1 Å². The molecule has 4 rings (SSSR count). The number of anilines is 4. The Labute approximate surface area is 157 Å². The number of halogens is 2. The van der Waals surface area contributed by atoms with Crippen LogP contribution in [0.15, 0.2) is 18.2 Å². The fourth-order valence-electron chi connectivity index (χ4n) is 3.28. The van der Waals surface area contributed by atoms with Crippen molar-refractivity contribution in [3.63, 3.8) is 0 Å². The van der Waals surface area contributed by atoms with E-state index in [1.165, 1.54) is 25.7 Å². The Kier molecular flexibility index (Phi) is 4.81. The van der Waals surface area contributed by atoms with Crippen LogP contribution in [-0.2, 0) is 0 Å². The molecule has 0 unspecified atom stereocenters. The molecule has 2 aliphatic heterocycles. The highest BCUT2D eigenvalue weighted by molar-refractivity contribution is 6.35. The summed E-state index contributed by atoms with van der Waals surface area (Å²) in [5.41, 5.74) is 0.767. The van der Waals surface area contributed by atoms with Crippen molar-refractivity contribution in [3.05, 3.63) is 28.2 Å². The molecule has 2 fully saturated rings. The number of nitrogens with one attached hydrogen (secondary N) is 1. The van der Waals surface area contributed by atoms with Crippen LogP contribution in [0.2, 0.25) is 10.0 Å². The quantitative estimate of drug-likeness (QED) is 0.863.